The Hall–Kier alpha value is -3.41. The van der Waals surface area contributed by atoms with E-state index in [2.05, 4.69) is 0 Å². The Bertz CT molecular complexity index is 1000. The lowest BCUT2D eigenvalue weighted by molar-refractivity contribution is 0.0844. The molecule has 0 radical (unpaired) electrons. The first-order valence-electron chi connectivity index (χ1n) is 8.98. The number of ketones is 1. The van der Waals surface area contributed by atoms with E-state index < -0.39 is 6.10 Å². The summed E-state index contributed by atoms with van der Waals surface area (Å²) in [6, 6.07) is 6.16. The van der Waals surface area contributed by atoms with Crippen molar-refractivity contribution in [1.29, 1.82) is 0 Å². The largest absolute Gasteiger partial charge is 0.507 e. The van der Waals surface area contributed by atoms with Crippen LogP contribution in [0.1, 0.15) is 46.3 Å². The fourth-order valence-electron chi connectivity index (χ4n) is 3.73. The Morgan fingerprint density at radius 2 is 1.93 bits per heavy atom. The van der Waals surface area contributed by atoms with E-state index in [1.165, 1.54) is 19.2 Å². The fraction of sp³-hybridized carbons (Fsp3) is 0.227. The summed E-state index contributed by atoms with van der Waals surface area (Å²) in [6.07, 6.45) is 7.55. The maximum Gasteiger partial charge on any atom is 0.174 e. The van der Waals surface area contributed by atoms with Crippen molar-refractivity contribution < 1.29 is 29.6 Å². The summed E-state index contributed by atoms with van der Waals surface area (Å²) in [6.45, 7) is 0. The molecule has 0 aromatic heterocycles. The molecule has 0 fully saturated rings. The molecule has 28 heavy (non-hydrogen) atoms. The summed E-state index contributed by atoms with van der Waals surface area (Å²) in [5.74, 6) is -0.449. The zero-order valence-electron chi connectivity index (χ0n) is 15.3. The van der Waals surface area contributed by atoms with E-state index in [9.17, 15) is 20.1 Å². The molecule has 2 aromatic carbocycles. The molecule has 0 amide bonds. The van der Waals surface area contributed by atoms with E-state index in [0.717, 1.165) is 0 Å². The molecule has 1 aliphatic heterocycles. The normalized spacial score (nSPS) is 20.5. The molecule has 2 aromatic rings. The van der Waals surface area contributed by atoms with Crippen LogP contribution in [0.25, 0.3) is 0 Å². The van der Waals surface area contributed by atoms with Crippen molar-refractivity contribution in [2.24, 2.45) is 0 Å². The van der Waals surface area contributed by atoms with Crippen molar-refractivity contribution in [2.45, 2.75) is 24.9 Å². The number of rotatable bonds is 3. The number of aromatic hydroxyl groups is 3. The lowest BCUT2D eigenvalue weighted by Crippen LogP contribution is -2.21. The zero-order chi connectivity index (χ0) is 19.8. The summed E-state index contributed by atoms with van der Waals surface area (Å²) in [4.78, 5) is 12.8. The van der Waals surface area contributed by atoms with Gasteiger partial charge in [0.1, 0.15) is 28.9 Å². The van der Waals surface area contributed by atoms with Gasteiger partial charge in [0.25, 0.3) is 0 Å². The van der Waals surface area contributed by atoms with Crippen LogP contribution in [0.3, 0.4) is 0 Å². The number of carbonyl (C=O) groups is 1. The second-order valence-electron chi connectivity index (χ2n) is 6.85. The number of hydrogen-bond acceptors (Lipinski definition) is 6. The van der Waals surface area contributed by atoms with Gasteiger partial charge in [0, 0.05) is 17.5 Å². The molecule has 4 rings (SSSR count). The van der Waals surface area contributed by atoms with E-state index >= 15 is 0 Å². The third-order valence-corrected chi connectivity index (χ3v) is 5.13. The smallest absolute Gasteiger partial charge is 0.174 e. The van der Waals surface area contributed by atoms with Gasteiger partial charge in [0.15, 0.2) is 17.3 Å². The third-order valence-electron chi connectivity index (χ3n) is 5.13. The maximum atomic E-state index is 12.8. The molecule has 2 unspecified atom stereocenters. The summed E-state index contributed by atoms with van der Waals surface area (Å²) < 4.78 is 10.9. The van der Waals surface area contributed by atoms with Crippen molar-refractivity contribution in [3.05, 3.63) is 65.3 Å². The number of fused-ring (bicyclic) bond motifs is 1. The first-order valence-corrected chi connectivity index (χ1v) is 8.98. The van der Waals surface area contributed by atoms with Crippen LogP contribution in [0.15, 0.2) is 48.6 Å². The van der Waals surface area contributed by atoms with Crippen LogP contribution in [0, 0.1) is 0 Å². The summed E-state index contributed by atoms with van der Waals surface area (Å²) in [7, 11) is 1.45. The van der Waals surface area contributed by atoms with Crippen molar-refractivity contribution in [3.63, 3.8) is 0 Å². The Balaban J connectivity index is 1.71. The van der Waals surface area contributed by atoms with Crippen LogP contribution in [0.2, 0.25) is 0 Å². The maximum absolute atomic E-state index is 12.8. The predicted octanol–water partition coefficient (Wildman–Crippen LogP) is 4.12. The highest BCUT2D eigenvalue weighted by molar-refractivity contribution is 6.03. The number of hydrogen-bond donors (Lipinski definition) is 3. The van der Waals surface area contributed by atoms with Crippen LogP contribution in [0.5, 0.6) is 28.7 Å². The lowest BCUT2D eigenvalue weighted by atomic mass is 9.86. The molecule has 1 heterocycles. The molecule has 6 nitrogen and oxygen atoms in total. The van der Waals surface area contributed by atoms with Gasteiger partial charge in [0.05, 0.1) is 13.5 Å². The van der Waals surface area contributed by atoms with Crippen LogP contribution >= 0.6 is 0 Å². The summed E-state index contributed by atoms with van der Waals surface area (Å²) in [5.41, 5.74) is 1.02. The SMILES string of the molecule is COc1ccc(C2CC(=O)c3c(cc(O)c(C4C=CC=CC4)c3O)O2)cc1O. The number of benzene rings is 2. The minimum atomic E-state index is -0.640. The standard InChI is InChI=1S/C22H20O6/c1-27-17-8-7-13(9-14(17)23)18-10-16(25)21-19(28-18)11-15(24)20(22(21)26)12-5-3-2-4-6-12/h2-5,7-9,11-12,18,23-24,26H,6,10H2,1H3. The Labute approximate surface area is 162 Å². The first kappa shape index (κ1) is 18.0. The molecular weight excluding hydrogens is 360 g/mol. The second kappa shape index (κ2) is 6.96. The first-order chi connectivity index (χ1) is 13.5. The number of phenols is 3. The van der Waals surface area contributed by atoms with E-state index in [0.29, 0.717) is 23.3 Å². The Kier molecular flexibility index (Phi) is 4.47. The second-order valence-corrected chi connectivity index (χ2v) is 6.85. The monoisotopic (exact) mass is 380 g/mol. The fourth-order valence-corrected chi connectivity index (χ4v) is 3.73. The molecular formula is C22H20O6. The van der Waals surface area contributed by atoms with Gasteiger partial charge in [-0.15, -0.1) is 0 Å². The Morgan fingerprint density at radius 3 is 2.61 bits per heavy atom. The van der Waals surface area contributed by atoms with Crippen molar-refractivity contribution in [2.75, 3.05) is 7.11 Å². The number of methoxy groups -OCH3 is 1. The van der Waals surface area contributed by atoms with Gasteiger partial charge in [-0.3, -0.25) is 4.79 Å². The quantitative estimate of drug-likeness (QED) is 0.741. The zero-order valence-corrected chi connectivity index (χ0v) is 15.3. The van der Waals surface area contributed by atoms with Crippen LogP contribution in [0.4, 0.5) is 0 Å². The highest BCUT2D eigenvalue weighted by Crippen LogP contribution is 2.48. The number of ether oxygens (including phenoxy) is 2. The van der Waals surface area contributed by atoms with Gasteiger partial charge in [-0.2, -0.15) is 0 Å². The lowest BCUT2D eigenvalue weighted by Gasteiger charge is -2.28. The average Bonchev–Trinajstić information content (AvgIpc) is 2.68. The van der Waals surface area contributed by atoms with Crippen molar-refractivity contribution >= 4 is 5.78 Å². The third kappa shape index (κ3) is 2.97. The number of Topliss-reactive ketones (excluding diaryl/α,β-unsaturated/α-hetero) is 1. The number of phenolic OH excluding ortho intramolecular Hbond substituents is 3. The van der Waals surface area contributed by atoms with Crippen molar-refractivity contribution in [3.8, 4) is 28.7 Å². The van der Waals surface area contributed by atoms with Gasteiger partial charge in [-0.1, -0.05) is 30.4 Å². The highest BCUT2D eigenvalue weighted by Gasteiger charge is 2.34. The molecule has 2 aliphatic rings. The molecule has 0 saturated heterocycles. The molecule has 3 N–H and O–H groups in total. The molecule has 1 aliphatic carbocycles. The van der Waals surface area contributed by atoms with Gasteiger partial charge in [-0.05, 0) is 24.1 Å². The predicted molar refractivity (Wildman–Crippen MR) is 102 cm³/mol. The molecule has 144 valence electrons. The minimum absolute atomic E-state index is 0.0109. The van der Waals surface area contributed by atoms with E-state index in [4.69, 9.17) is 9.47 Å². The van der Waals surface area contributed by atoms with Gasteiger partial charge in [-0.25, -0.2) is 0 Å². The average molecular weight is 380 g/mol. The molecule has 0 saturated carbocycles. The van der Waals surface area contributed by atoms with E-state index in [-0.39, 0.29) is 46.7 Å². The minimum Gasteiger partial charge on any atom is -0.507 e. The van der Waals surface area contributed by atoms with Crippen LogP contribution < -0.4 is 9.47 Å². The highest BCUT2D eigenvalue weighted by atomic mass is 16.5. The Morgan fingerprint density at radius 1 is 1.11 bits per heavy atom. The number of allylic oxidation sites excluding steroid dienone is 4. The van der Waals surface area contributed by atoms with Crippen LogP contribution in [-0.4, -0.2) is 28.2 Å². The van der Waals surface area contributed by atoms with Crippen LogP contribution in [-0.2, 0) is 0 Å². The van der Waals surface area contributed by atoms with Gasteiger partial charge >= 0.3 is 0 Å². The molecule has 0 spiro atoms. The van der Waals surface area contributed by atoms with Gasteiger partial charge in [0.2, 0.25) is 0 Å². The molecule has 0 bridgehead atoms. The van der Waals surface area contributed by atoms with E-state index in [1.54, 1.807) is 12.1 Å². The summed E-state index contributed by atoms with van der Waals surface area (Å²) >= 11 is 0. The number of carbonyl (C=O) groups excluding carboxylic acids is 1. The molecule has 2 atom stereocenters. The van der Waals surface area contributed by atoms with Gasteiger partial charge < -0.3 is 24.8 Å². The van der Waals surface area contributed by atoms with Crippen molar-refractivity contribution in [1.82, 2.24) is 0 Å². The topological polar surface area (TPSA) is 96.2 Å². The van der Waals surface area contributed by atoms with E-state index in [1.807, 2.05) is 24.3 Å². The molecule has 6 heteroatoms. The summed E-state index contributed by atoms with van der Waals surface area (Å²) in [5, 5.41) is 31.2.